The average Bonchev–Trinajstić information content (AvgIpc) is 2.83. The van der Waals surface area contributed by atoms with Crippen LogP contribution in [0.3, 0.4) is 0 Å². The van der Waals surface area contributed by atoms with Crippen LogP contribution in [0.4, 0.5) is 0 Å². The highest BCUT2D eigenvalue weighted by molar-refractivity contribution is 5.64. The molecule has 5 heteroatoms. The summed E-state index contributed by atoms with van der Waals surface area (Å²) in [6.07, 6.45) is 1.38. The minimum atomic E-state index is -0.260. The highest BCUT2D eigenvalue weighted by Crippen LogP contribution is 2.16. The van der Waals surface area contributed by atoms with E-state index in [1.807, 2.05) is 36.4 Å². The molecule has 2 heterocycles. The van der Waals surface area contributed by atoms with E-state index in [2.05, 4.69) is 10.1 Å². The molecule has 0 unspecified atom stereocenters. The molecular weight excluding hydrogens is 228 g/mol. The lowest BCUT2D eigenvalue weighted by Gasteiger charge is -2.02. The number of aromatic nitrogens is 3. The maximum Gasteiger partial charge on any atom is 0.274 e. The molecule has 0 bridgehead atoms. The van der Waals surface area contributed by atoms with Gasteiger partial charge in [-0.05, 0) is 5.56 Å². The quantitative estimate of drug-likeness (QED) is 0.696. The van der Waals surface area contributed by atoms with Gasteiger partial charge in [-0.15, -0.1) is 0 Å². The van der Waals surface area contributed by atoms with Gasteiger partial charge >= 0.3 is 0 Å². The Hall–Kier alpha value is -2.87. The zero-order chi connectivity index (χ0) is 12.5. The van der Waals surface area contributed by atoms with Gasteiger partial charge < -0.3 is 4.98 Å². The van der Waals surface area contributed by atoms with Crippen molar-refractivity contribution in [2.75, 3.05) is 0 Å². The van der Waals surface area contributed by atoms with E-state index in [0.29, 0.717) is 16.9 Å². The first-order valence-corrected chi connectivity index (χ1v) is 5.36. The zero-order valence-electron chi connectivity index (χ0n) is 9.29. The summed E-state index contributed by atoms with van der Waals surface area (Å²) in [7, 11) is 0. The van der Waals surface area contributed by atoms with Crippen molar-refractivity contribution >= 4 is 5.65 Å². The summed E-state index contributed by atoms with van der Waals surface area (Å²) in [6.45, 7) is 0. The van der Waals surface area contributed by atoms with Crippen molar-refractivity contribution in [2.45, 2.75) is 0 Å². The van der Waals surface area contributed by atoms with Crippen molar-refractivity contribution in [2.24, 2.45) is 0 Å². The fourth-order valence-electron chi connectivity index (χ4n) is 1.84. The Morgan fingerprint density at radius 1 is 1.28 bits per heavy atom. The Bertz CT molecular complexity index is 808. The number of fused-ring (bicyclic) bond motifs is 1. The van der Waals surface area contributed by atoms with Crippen LogP contribution in [0.2, 0.25) is 0 Å². The molecule has 3 aromatic rings. The molecule has 0 spiro atoms. The van der Waals surface area contributed by atoms with Gasteiger partial charge in [0.05, 0.1) is 11.9 Å². The van der Waals surface area contributed by atoms with Crippen molar-refractivity contribution in [3.05, 3.63) is 58.5 Å². The van der Waals surface area contributed by atoms with Gasteiger partial charge in [0.25, 0.3) is 5.56 Å². The van der Waals surface area contributed by atoms with Gasteiger partial charge in [-0.2, -0.15) is 14.9 Å². The van der Waals surface area contributed by atoms with Gasteiger partial charge in [-0.25, -0.2) is 0 Å². The number of nitrogens with one attached hydrogen (secondary N) is 1. The molecule has 0 amide bonds. The van der Waals surface area contributed by atoms with Crippen LogP contribution in [-0.4, -0.2) is 14.6 Å². The molecule has 2 aromatic heterocycles. The van der Waals surface area contributed by atoms with Gasteiger partial charge in [0.15, 0.2) is 5.65 Å². The van der Waals surface area contributed by atoms with Gasteiger partial charge in [0.1, 0.15) is 11.6 Å². The number of nitrogens with zero attached hydrogens (tertiary/aromatic N) is 3. The molecule has 86 valence electrons. The van der Waals surface area contributed by atoms with Crippen LogP contribution in [0.25, 0.3) is 16.9 Å². The van der Waals surface area contributed by atoms with Crippen LogP contribution in [0, 0.1) is 11.3 Å². The molecule has 0 fully saturated rings. The first kappa shape index (κ1) is 10.3. The van der Waals surface area contributed by atoms with E-state index in [0.717, 1.165) is 5.56 Å². The molecule has 3 rings (SSSR count). The fraction of sp³-hybridized carbons (Fsp3) is 0. The summed E-state index contributed by atoms with van der Waals surface area (Å²) in [5.74, 6) is 0. The number of H-pyrrole nitrogens is 1. The third-order valence-electron chi connectivity index (χ3n) is 2.70. The summed E-state index contributed by atoms with van der Waals surface area (Å²) in [5.41, 5.74) is 2.07. The van der Waals surface area contributed by atoms with Crippen LogP contribution in [0.5, 0.6) is 0 Å². The van der Waals surface area contributed by atoms with Gasteiger partial charge in [0, 0.05) is 6.07 Å². The van der Waals surface area contributed by atoms with E-state index < -0.39 is 0 Å². The van der Waals surface area contributed by atoms with Crippen LogP contribution in [-0.2, 0) is 0 Å². The molecule has 0 saturated heterocycles. The molecule has 18 heavy (non-hydrogen) atoms. The topological polar surface area (TPSA) is 74.0 Å². The number of nitriles is 1. The predicted molar refractivity (Wildman–Crippen MR) is 66.0 cm³/mol. The lowest BCUT2D eigenvalue weighted by Crippen LogP contribution is -2.14. The van der Waals surface area contributed by atoms with Crippen molar-refractivity contribution in [3.63, 3.8) is 0 Å². The smallest absolute Gasteiger partial charge is 0.274 e. The normalized spacial score (nSPS) is 10.4. The molecule has 0 saturated carbocycles. The molecule has 5 nitrogen and oxygen atoms in total. The molecule has 0 radical (unpaired) electrons. The zero-order valence-corrected chi connectivity index (χ0v) is 9.29. The van der Waals surface area contributed by atoms with Crippen molar-refractivity contribution < 1.29 is 0 Å². The standard InChI is InChI=1S/C13H8N4O/c14-7-10-8-15-17-12(18)6-11(16-13(10)17)9-4-2-1-3-5-9/h1-6,8,16H. The SMILES string of the molecule is N#Cc1cnn2c(=O)cc(-c3ccccc3)[nH]c12. The lowest BCUT2D eigenvalue weighted by molar-refractivity contribution is 0.901. The molecule has 1 N–H and O–H groups in total. The third kappa shape index (κ3) is 1.48. The Labute approximate surface area is 102 Å². The number of hydrogen-bond acceptors (Lipinski definition) is 3. The van der Waals surface area contributed by atoms with E-state index in [9.17, 15) is 4.79 Å². The van der Waals surface area contributed by atoms with E-state index in [1.54, 1.807) is 0 Å². The molecule has 0 atom stereocenters. The molecule has 0 aliphatic heterocycles. The summed E-state index contributed by atoms with van der Waals surface area (Å²) in [4.78, 5) is 14.9. The van der Waals surface area contributed by atoms with E-state index in [1.165, 1.54) is 16.8 Å². The maximum atomic E-state index is 11.9. The fourth-order valence-corrected chi connectivity index (χ4v) is 1.84. The van der Waals surface area contributed by atoms with E-state index in [-0.39, 0.29) is 5.56 Å². The monoisotopic (exact) mass is 236 g/mol. The Balaban J connectivity index is 2.34. The largest absolute Gasteiger partial charge is 0.338 e. The lowest BCUT2D eigenvalue weighted by atomic mass is 10.1. The van der Waals surface area contributed by atoms with Crippen LogP contribution in [0.1, 0.15) is 5.56 Å². The van der Waals surface area contributed by atoms with Crippen molar-refractivity contribution in [1.82, 2.24) is 14.6 Å². The first-order chi connectivity index (χ1) is 8.79. The highest BCUT2D eigenvalue weighted by Gasteiger charge is 2.08. The number of rotatable bonds is 1. The summed E-state index contributed by atoms with van der Waals surface area (Å²) in [5, 5.41) is 12.8. The number of hydrogen-bond donors (Lipinski definition) is 1. The molecule has 1 aromatic carbocycles. The minimum Gasteiger partial charge on any atom is -0.338 e. The minimum absolute atomic E-state index is 0.260. The third-order valence-corrected chi connectivity index (χ3v) is 2.70. The Kier molecular flexibility index (Phi) is 2.21. The second-order valence-corrected chi connectivity index (χ2v) is 3.82. The van der Waals surface area contributed by atoms with Crippen LogP contribution in [0.15, 0.2) is 47.4 Å². The van der Waals surface area contributed by atoms with Crippen LogP contribution < -0.4 is 5.56 Å². The highest BCUT2D eigenvalue weighted by atomic mass is 16.1. The van der Waals surface area contributed by atoms with Gasteiger partial charge in [-0.3, -0.25) is 4.79 Å². The van der Waals surface area contributed by atoms with Gasteiger partial charge in [-0.1, -0.05) is 30.3 Å². The van der Waals surface area contributed by atoms with Crippen molar-refractivity contribution in [1.29, 1.82) is 5.26 Å². The second-order valence-electron chi connectivity index (χ2n) is 3.82. The number of aromatic amines is 1. The Morgan fingerprint density at radius 3 is 2.78 bits per heavy atom. The second kappa shape index (κ2) is 3.86. The van der Waals surface area contributed by atoms with E-state index >= 15 is 0 Å². The van der Waals surface area contributed by atoms with Crippen molar-refractivity contribution in [3.8, 4) is 17.3 Å². The summed E-state index contributed by atoms with van der Waals surface area (Å²) < 4.78 is 1.19. The summed E-state index contributed by atoms with van der Waals surface area (Å²) >= 11 is 0. The van der Waals surface area contributed by atoms with Crippen LogP contribution >= 0.6 is 0 Å². The molecule has 0 aliphatic rings. The number of benzene rings is 1. The Morgan fingerprint density at radius 2 is 2.06 bits per heavy atom. The predicted octanol–water partition coefficient (Wildman–Crippen LogP) is 1.56. The molecule has 0 aliphatic carbocycles. The first-order valence-electron chi connectivity index (χ1n) is 5.36. The summed E-state index contributed by atoms with van der Waals surface area (Å²) in [6, 6.07) is 12.9. The van der Waals surface area contributed by atoms with Gasteiger partial charge in [0.2, 0.25) is 0 Å². The maximum absolute atomic E-state index is 11.9. The molecular formula is C13H8N4O. The average molecular weight is 236 g/mol. The van der Waals surface area contributed by atoms with E-state index in [4.69, 9.17) is 5.26 Å².